The Balaban J connectivity index is 4.02. The largest absolute Gasteiger partial charge is 0.465 e. The second-order valence-electron chi connectivity index (χ2n) is 3.29. The van der Waals surface area contributed by atoms with Gasteiger partial charge in [0, 0.05) is 13.0 Å². The molecule has 0 saturated carbocycles. The van der Waals surface area contributed by atoms with E-state index in [1.165, 1.54) is 6.92 Å². The predicted molar refractivity (Wildman–Crippen MR) is 54.2 cm³/mol. The molecule has 0 aromatic carbocycles. The van der Waals surface area contributed by atoms with Gasteiger partial charge in [-0.2, -0.15) is 0 Å². The molecule has 0 radical (unpaired) electrons. The Bertz CT molecular complexity index is 227. The third-order valence-electron chi connectivity index (χ3n) is 1.78. The Morgan fingerprint density at radius 1 is 1.31 bits per heavy atom. The van der Waals surface area contributed by atoms with Gasteiger partial charge in [0.25, 0.3) is 0 Å². The van der Waals surface area contributed by atoms with Crippen molar-refractivity contribution >= 4 is 11.9 Å². The van der Waals surface area contributed by atoms with Crippen LogP contribution in [0.1, 0.15) is 26.7 Å². The van der Waals surface area contributed by atoms with Crippen molar-refractivity contribution in [1.29, 1.82) is 0 Å². The molecule has 2 N–H and O–H groups in total. The fraction of sp³-hybridized carbons (Fsp3) is 0.800. The monoisotopic (exact) mass is 234 g/mol. The van der Waals surface area contributed by atoms with Gasteiger partial charge in [0.2, 0.25) is 6.29 Å². The van der Waals surface area contributed by atoms with Gasteiger partial charge < -0.3 is 19.7 Å². The SMILES string of the molecule is CCCOC(=O)C(C)C(=O)OC(O)CCO. The van der Waals surface area contributed by atoms with E-state index < -0.39 is 24.1 Å². The first-order valence-electron chi connectivity index (χ1n) is 5.19. The Morgan fingerprint density at radius 2 is 1.94 bits per heavy atom. The van der Waals surface area contributed by atoms with Gasteiger partial charge in [0.05, 0.1) is 6.61 Å². The van der Waals surface area contributed by atoms with Crippen LogP contribution in [0.15, 0.2) is 0 Å². The molecule has 2 unspecified atom stereocenters. The van der Waals surface area contributed by atoms with Gasteiger partial charge in [0.1, 0.15) is 0 Å². The Kier molecular flexibility index (Phi) is 7.49. The summed E-state index contributed by atoms with van der Waals surface area (Å²) in [5.74, 6) is -2.61. The zero-order valence-corrected chi connectivity index (χ0v) is 9.51. The quantitative estimate of drug-likeness (QED) is 0.360. The van der Waals surface area contributed by atoms with Crippen LogP contribution < -0.4 is 0 Å². The molecular weight excluding hydrogens is 216 g/mol. The van der Waals surface area contributed by atoms with Crippen molar-refractivity contribution in [3.8, 4) is 0 Å². The molecule has 0 saturated heterocycles. The number of rotatable bonds is 7. The van der Waals surface area contributed by atoms with Crippen LogP contribution in [0.5, 0.6) is 0 Å². The molecule has 2 atom stereocenters. The molecule has 6 heteroatoms. The van der Waals surface area contributed by atoms with Crippen molar-refractivity contribution in [3.05, 3.63) is 0 Å². The van der Waals surface area contributed by atoms with E-state index in [1.54, 1.807) is 0 Å². The molecule has 0 aromatic rings. The maximum Gasteiger partial charge on any atom is 0.322 e. The van der Waals surface area contributed by atoms with Crippen LogP contribution in [-0.2, 0) is 19.1 Å². The van der Waals surface area contributed by atoms with Crippen LogP contribution >= 0.6 is 0 Å². The molecule has 0 aliphatic rings. The molecule has 0 heterocycles. The van der Waals surface area contributed by atoms with Crippen LogP contribution in [0, 0.1) is 5.92 Å². The van der Waals surface area contributed by atoms with Crippen LogP contribution in [-0.4, -0.2) is 41.7 Å². The summed E-state index contributed by atoms with van der Waals surface area (Å²) in [5.41, 5.74) is 0. The van der Waals surface area contributed by atoms with Gasteiger partial charge >= 0.3 is 11.9 Å². The molecule has 6 nitrogen and oxygen atoms in total. The highest BCUT2D eigenvalue weighted by Gasteiger charge is 2.26. The maximum absolute atomic E-state index is 11.3. The third-order valence-corrected chi connectivity index (χ3v) is 1.78. The second kappa shape index (κ2) is 8.06. The molecular formula is C10H18O6. The first-order valence-corrected chi connectivity index (χ1v) is 5.19. The minimum absolute atomic E-state index is 0.0809. The van der Waals surface area contributed by atoms with Crippen molar-refractivity contribution in [2.75, 3.05) is 13.2 Å². The van der Waals surface area contributed by atoms with E-state index in [-0.39, 0.29) is 19.6 Å². The molecule has 0 amide bonds. The summed E-state index contributed by atoms with van der Waals surface area (Å²) in [5, 5.41) is 17.5. The highest BCUT2D eigenvalue weighted by Crippen LogP contribution is 2.05. The lowest BCUT2D eigenvalue weighted by Crippen LogP contribution is -2.29. The molecule has 0 aliphatic heterocycles. The number of carbonyl (C=O) groups is 2. The summed E-state index contributed by atoms with van der Waals surface area (Å²) in [6.07, 6.45) is -0.803. The van der Waals surface area contributed by atoms with Gasteiger partial charge in [-0.3, -0.25) is 9.59 Å². The Hall–Kier alpha value is -1.14. The lowest BCUT2D eigenvalue weighted by atomic mass is 10.2. The van der Waals surface area contributed by atoms with Crippen molar-refractivity contribution < 1.29 is 29.3 Å². The van der Waals surface area contributed by atoms with Crippen LogP contribution in [0.2, 0.25) is 0 Å². The number of carbonyl (C=O) groups excluding carboxylic acids is 2. The molecule has 0 bridgehead atoms. The predicted octanol–water partition coefficient (Wildman–Crippen LogP) is -0.180. The highest BCUT2D eigenvalue weighted by molar-refractivity contribution is 5.94. The average molecular weight is 234 g/mol. The van der Waals surface area contributed by atoms with Crippen LogP contribution in [0.4, 0.5) is 0 Å². The zero-order chi connectivity index (χ0) is 12.6. The van der Waals surface area contributed by atoms with E-state index in [0.717, 1.165) is 0 Å². The fourth-order valence-corrected chi connectivity index (χ4v) is 0.829. The molecule has 0 spiro atoms. The zero-order valence-electron chi connectivity index (χ0n) is 9.51. The number of aliphatic hydroxyl groups excluding tert-OH is 2. The minimum Gasteiger partial charge on any atom is -0.465 e. The summed E-state index contributed by atoms with van der Waals surface area (Å²) in [6, 6.07) is 0. The maximum atomic E-state index is 11.3. The number of aliphatic hydroxyl groups is 2. The molecule has 16 heavy (non-hydrogen) atoms. The third kappa shape index (κ3) is 5.67. The number of hydrogen-bond donors (Lipinski definition) is 2. The first kappa shape index (κ1) is 14.9. The summed E-state index contributed by atoms with van der Waals surface area (Å²) in [4.78, 5) is 22.5. The average Bonchev–Trinajstić information content (AvgIpc) is 2.24. The normalized spacial score (nSPS) is 14.0. The smallest absolute Gasteiger partial charge is 0.322 e. The molecule has 0 fully saturated rings. The van der Waals surface area contributed by atoms with E-state index in [2.05, 4.69) is 4.74 Å². The van der Waals surface area contributed by atoms with Gasteiger partial charge in [-0.15, -0.1) is 0 Å². The molecule has 0 aromatic heterocycles. The van der Waals surface area contributed by atoms with Gasteiger partial charge in [-0.1, -0.05) is 6.92 Å². The Morgan fingerprint density at radius 3 is 2.44 bits per heavy atom. The van der Waals surface area contributed by atoms with Crippen molar-refractivity contribution in [2.45, 2.75) is 33.0 Å². The van der Waals surface area contributed by atoms with E-state index >= 15 is 0 Å². The van der Waals surface area contributed by atoms with E-state index in [1.807, 2.05) is 6.92 Å². The lowest BCUT2D eigenvalue weighted by molar-refractivity contribution is -0.179. The standard InChI is InChI=1S/C10H18O6/c1-3-6-15-9(13)7(2)10(14)16-8(12)4-5-11/h7-8,11-12H,3-6H2,1-2H3. The summed E-state index contributed by atoms with van der Waals surface area (Å²) >= 11 is 0. The lowest BCUT2D eigenvalue weighted by Gasteiger charge is -2.14. The van der Waals surface area contributed by atoms with Crippen LogP contribution in [0.25, 0.3) is 0 Å². The number of esters is 2. The molecule has 94 valence electrons. The number of ether oxygens (including phenoxy) is 2. The topological polar surface area (TPSA) is 93.1 Å². The second-order valence-corrected chi connectivity index (χ2v) is 3.29. The highest BCUT2D eigenvalue weighted by atomic mass is 16.6. The molecule has 0 aliphatic carbocycles. The summed E-state index contributed by atoms with van der Waals surface area (Å²) in [6.45, 7) is 3.12. The number of hydrogen-bond acceptors (Lipinski definition) is 6. The summed E-state index contributed by atoms with van der Waals surface area (Å²) in [7, 11) is 0. The van der Waals surface area contributed by atoms with E-state index in [9.17, 15) is 9.59 Å². The van der Waals surface area contributed by atoms with Gasteiger partial charge in [-0.05, 0) is 13.3 Å². The van der Waals surface area contributed by atoms with E-state index in [0.29, 0.717) is 6.42 Å². The Labute approximate surface area is 94.2 Å². The molecule has 0 rings (SSSR count). The van der Waals surface area contributed by atoms with Crippen LogP contribution in [0.3, 0.4) is 0 Å². The fourth-order valence-electron chi connectivity index (χ4n) is 0.829. The van der Waals surface area contributed by atoms with Crippen molar-refractivity contribution in [3.63, 3.8) is 0 Å². The minimum atomic E-state index is -1.39. The summed E-state index contributed by atoms with van der Waals surface area (Å²) < 4.78 is 9.25. The first-order chi connectivity index (χ1) is 7.52. The van der Waals surface area contributed by atoms with Gasteiger partial charge in [-0.25, -0.2) is 0 Å². The van der Waals surface area contributed by atoms with Crippen molar-refractivity contribution in [2.24, 2.45) is 5.92 Å². The van der Waals surface area contributed by atoms with Gasteiger partial charge in [0.15, 0.2) is 5.92 Å². The van der Waals surface area contributed by atoms with Crippen molar-refractivity contribution in [1.82, 2.24) is 0 Å². The van der Waals surface area contributed by atoms with E-state index in [4.69, 9.17) is 14.9 Å².